The van der Waals surface area contributed by atoms with Gasteiger partial charge < -0.3 is 9.84 Å². The van der Waals surface area contributed by atoms with Crippen molar-refractivity contribution in [3.63, 3.8) is 0 Å². The molecule has 3 heteroatoms. The number of aryl methyl sites for hydroxylation is 1. The zero-order valence-corrected chi connectivity index (χ0v) is 15.6. The molecule has 3 rings (SSSR count). The number of ether oxygens (including phenoxy) is 1. The third-order valence-corrected chi connectivity index (χ3v) is 5.45. The smallest absolute Gasteiger partial charge is 0.303 e. The fourth-order valence-electron chi connectivity index (χ4n) is 3.99. The average Bonchev–Trinajstić information content (AvgIpc) is 2.68. The maximum atomic E-state index is 10.6. The Hall–Kier alpha value is -2.03. The summed E-state index contributed by atoms with van der Waals surface area (Å²) >= 11 is 0. The van der Waals surface area contributed by atoms with E-state index in [0.29, 0.717) is 13.0 Å². The van der Waals surface area contributed by atoms with Gasteiger partial charge in [0.1, 0.15) is 12.4 Å². The third kappa shape index (κ3) is 5.48. The van der Waals surface area contributed by atoms with Crippen LogP contribution in [-0.2, 0) is 11.2 Å². The average molecular weight is 354 g/mol. The van der Waals surface area contributed by atoms with Gasteiger partial charge in [-0.25, -0.2) is 0 Å². The molecule has 0 saturated carbocycles. The molecule has 0 radical (unpaired) electrons. The first kappa shape index (κ1) is 18.8. The normalized spacial score (nSPS) is 17.8. The van der Waals surface area contributed by atoms with Crippen LogP contribution in [0.5, 0.6) is 5.75 Å². The Bertz CT molecular complexity index is 667. The van der Waals surface area contributed by atoms with Crippen LogP contribution in [-0.4, -0.2) is 17.7 Å². The van der Waals surface area contributed by atoms with Gasteiger partial charge in [-0.3, -0.25) is 4.79 Å². The Kier molecular flexibility index (Phi) is 6.93. The lowest BCUT2D eigenvalue weighted by molar-refractivity contribution is -0.137. The highest BCUT2D eigenvalue weighted by atomic mass is 16.5. The van der Waals surface area contributed by atoms with Gasteiger partial charge >= 0.3 is 5.97 Å². The van der Waals surface area contributed by atoms with Crippen LogP contribution >= 0.6 is 0 Å². The van der Waals surface area contributed by atoms with Crippen LogP contribution in [0.25, 0.3) is 0 Å². The molecular formula is C23H30O3. The predicted molar refractivity (Wildman–Crippen MR) is 105 cm³/mol. The number of rotatable bonds is 8. The molecule has 0 heterocycles. The standard InChI is InChI=1S/C23H30O3/c24-23(25)12-6-7-18-13-15-21(16-14-18)26-17-20-10-4-5-11-22(20)19-8-2-1-3-9-19/h8,13-16H,1-7,9-12,17H2,(H,24,25). The van der Waals surface area contributed by atoms with Crippen molar-refractivity contribution in [1.82, 2.24) is 0 Å². The van der Waals surface area contributed by atoms with Crippen molar-refractivity contribution < 1.29 is 14.6 Å². The van der Waals surface area contributed by atoms with Crippen LogP contribution in [0.15, 0.2) is 47.1 Å². The summed E-state index contributed by atoms with van der Waals surface area (Å²) in [4.78, 5) is 10.6. The van der Waals surface area contributed by atoms with Crippen molar-refractivity contribution in [1.29, 1.82) is 0 Å². The molecule has 0 bridgehead atoms. The zero-order valence-electron chi connectivity index (χ0n) is 15.6. The van der Waals surface area contributed by atoms with E-state index in [1.165, 1.54) is 62.5 Å². The third-order valence-electron chi connectivity index (χ3n) is 5.45. The molecule has 1 aromatic rings. The summed E-state index contributed by atoms with van der Waals surface area (Å²) in [5.74, 6) is 0.177. The highest BCUT2D eigenvalue weighted by Gasteiger charge is 2.18. The van der Waals surface area contributed by atoms with Gasteiger partial charge in [-0.1, -0.05) is 18.2 Å². The molecule has 3 nitrogen and oxygen atoms in total. The summed E-state index contributed by atoms with van der Waals surface area (Å²) in [5, 5.41) is 8.72. The molecular weight excluding hydrogens is 324 g/mol. The second kappa shape index (κ2) is 9.61. The summed E-state index contributed by atoms with van der Waals surface area (Å²) in [5.41, 5.74) is 5.84. The van der Waals surface area contributed by atoms with Crippen molar-refractivity contribution in [2.75, 3.05) is 6.61 Å². The SMILES string of the molecule is O=C(O)CCCc1ccc(OCC2=C(C3=CCCCC3)CCCC2)cc1. The molecule has 0 atom stereocenters. The van der Waals surface area contributed by atoms with Gasteiger partial charge in [-0.2, -0.15) is 0 Å². The minimum Gasteiger partial charge on any atom is -0.489 e. The molecule has 0 spiro atoms. The molecule has 0 fully saturated rings. The van der Waals surface area contributed by atoms with Crippen molar-refractivity contribution in [2.45, 2.75) is 70.6 Å². The number of carboxylic acid groups (broad SMARTS) is 1. The molecule has 1 aromatic carbocycles. The van der Waals surface area contributed by atoms with Gasteiger partial charge in [0.2, 0.25) is 0 Å². The van der Waals surface area contributed by atoms with E-state index in [1.54, 1.807) is 11.1 Å². The maximum Gasteiger partial charge on any atom is 0.303 e. The van der Waals surface area contributed by atoms with Gasteiger partial charge in [-0.05, 0) is 98.6 Å². The first-order valence-corrected chi connectivity index (χ1v) is 10.1. The molecule has 26 heavy (non-hydrogen) atoms. The minimum absolute atomic E-state index is 0.227. The number of carbonyl (C=O) groups is 1. The van der Waals surface area contributed by atoms with E-state index in [0.717, 1.165) is 12.2 Å². The molecule has 0 amide bonds. The van der Waals surface area contributed by atoms with Crippen LogP contribution in [0, 0.1) is 0 Å². The highest BCUT2D eigenvalue weighted by molar-refractivity contribution is 5.66. The lowest BCUT2D eigenvalue weighted by Gasteiger charge is -2.25. The van der Waals surface area contributed by atoms with E-state index < -0.39 is 5.97 Å². The summed E-state index contributed by atoms with van der Waals surface area (Å²) in [6.07, 6.45) is 14.3. The quantitative estimate of drug-likeness (QED) is 0.637. The fraction of sp³-hybridized carbons (Fsp3) is 0.522. The Morgan fingerprint density at radius 3 is 2.50 bits per heavy atom. The summed E-state index contributed by atoms with van der Waals surface area (Å²) in [6.45, 7) is 0.699. The van der Waals surface area contributed by atoms with E-state index in [1.807, 2.05) is 12.1 Å². The van der Waals surface area contributed by atoms with Gasteiger partial charge in [0.25, 0.3) is 0 Å². The van der Waals surface area contributed by atoms with E-state index >= 15 is 0 Å². The van der Waals surface area contributed by atoms with Crippen molar-refractivity contribution in [3.8, 4) is 5.75 Å². The molecule has 0 aromatic heterocycles. The molecule has 2 aliphatic rings. The van der Waals surface area contributed by atoms with Crippen LogP contribution in [0.3, 0.4) is 0 Å². The van der Waals surface area contributed by atoms with Crippen molar-refractivity contribution in [2.24, 2.45) is 0 Å². The summed E-state index contributed by atoms with van der Waals surface area (Å²) in [7, 11) is 0. The fourth-order valence-corrected chi connectivity index (χ4v) is 3.99. The van der Waals surface area contributed by atoms with E-state index in [2.05, 4.69) is 18.2 Å². The largest absolute Gasteiger partial charge is 0.489 e. The predicted octanol–water partition coefficient (Wildman–Crippen LogP) is 5.84. The molecule has 1 N–H and O–H groups in total. The number of carboxylic acids is 1. The number of hydrogen-bond acceptors (Lipinski definition) is 2. The van der Waals surface area contributed by atoms with Gasteiger partial charge in [0.05, 0.1) is 0 Å². The maximum absolute atomic E-state index is 10.6. The van der Waals surface area contributed by atoms with Crippen LogP contribution in [0.1, 0.15) is 69.8 Å². The zero-order chi connectivity index (χ0) is 18.2. The van der Waals surface area contributed by atoms with Crippen LogP contribution in [0.4, 0.5) is 0 Å². The van der Waals surface area contributed by atoms with E-state index in [-0.39, 0.29) is 6.42 Å². The minimum atomic E-state index is -0.727. The molecule has 0 aliphatic heterocycles. The lowest BCUT2D eigenvalue weighted by Crippen LogP contribution is -2.11. The summed E-state index contributed by atoms with van der Waals surface area (Å²) < 4.78 is 6.09. The van der Waals surface area contributed by atoms with Gasteiger partial charge in [0, 0.05) is 6.42 Å². The number of hydrogen-bond donors (Lipinski definition) is 1. The van der Waals surface area contributed by atoms with E-state index in [4.69, 9.17) is 9.84 Å². The second-order valence-electron chi connectivity index (χ2n) is 7.44. The Morgan fingerprint density at radius 1 is 1.00 bits per heavy atom. The highest BCUT2D eigenvalue weighted by Crippen LogP contribution is 2.34. The van der Waals surface area contributed by atoms with E-state index in [9.17, 15) is 4.79 Å². The Labute approximate surface area is 156 Å². The number of aliphatic carboxylic acids is 1. The van der Waals surface area contributed by atoms with Gasteiger partial charge in [-0.15, -0.1) is 0 Å². The molecule has 140 valence electrons. The van der Waals surface area contributed by atoms with Crippen LogP contribution in [0.2, 0.25) is 0 Å². The van der Waals surface area contributed by atoms with Gasteiger partial charge in [0.15, 0.2) is 0 Å². The molecule has 2 aliphatic carbocycles. The van der Waals surface area contributed by atoms with Crippen LogP contribution < -0.4 is 4.74 Å². The number of allylic oxidation sites excluding steroid dienone is 3. The van der Waals surface area contributed by atoms with Crippen molar-refractivity contribution >= 4 is 5.97 Å². The molecule has 0 unspecified atom stereocenters. The first-order valence-electron chi connectivity index (χ1n) is 10.1. The molecule has 0 saturated heterocycles. The summed E-state index contributed by atoms with van der Waals surface area (Å²) in [6, 6.07) is 8.13. The number of benzene rings is 1. The lowest BCUT2D eigenvalue weighted by atomic mass is 9.83. The first-order chi connectivity index (χ1) is 12.7. The Balaban J connectivity index is 1.57. The Morgan fingerprint density at radius 2 is 1.77 bits per heavy atom. The topological polar surface area (TPSA) is 46.5 Å². The second-order valence-corrected chi connectivity index (χ2v) is 7.44. The monoisotopic (exact) mass is 354 g/mol. The van der Waals surface area contributed by atoms with Crippen molar-refractivity contribution in [3.05, 3.63) is 52.6 Å².